The Kier molecular flexibility index (Phi) is 3.03. The van der Waals surface area contributed by atoms with E-state index in [1.807, 2.05) is 0 Å². The fourth-order valence-corrected chi connectivity index (χ4v) is 1.88. The van der Waals surface area contributed by atoms with Crippen LogP contribution in [0.25, 0.3) is 11.1 Å². The molecule has 4 heteroatoms. The molecule has 0 radical (unpaired) electrons. The van der Waals surface area contributed by atoms with E-state index < -0.39 is 5.82 Å². The monoisotopic (exact) mass is 255 g/mol. The van der Waals surface area contributed by atoms with Crippen molar-refractivity contribution >= 4 is 28.9 Å². The summed E-state index contributed by atoms with van der Waals surface area (Å²) in [6, 6.07) is 9.55. The normalized spacial score (nSPS) is 10.4. The van der Waals surface area contributed by atoms with E-state index in [0.717, 1.165) is 5.56 Å². The molecule has 0 saturated heterocycles. The number of nitrogen functional groups attached to an aromatic ring is 1. The van der Waals surface area contributed by atoms with Crippen molar-refractivity contribution in [3.05, 3.63) is 52.3 Å². The van der Waals surface area contributed by atoms with Crippen molar-refractivity contribution in [2.24, 2.45) is 0 Å². The van der Waals surface area contributed by atoms with Gasteiger partial charge in [-0.05, 0) is 29.8 Å². The van der Waals surface area contributed by atoms with E-state index in [1.54, 1.807) is 24.3 Å². The van der Waals surface area contributed by atoms with Crippen LogP contribution in [0.15, 0.2) is 36.4 Å². The van der Waals surface area contributed by atoms with E-state index >= 15 is 0 Å². The van der Waals surface area contributed by atoms with Gasteiger partial charge in [-0.2, -0.15) is 0 Å². The second kappa shape index (κ2) is 4.32. The lowest BCUT2D eigenvalue weighted by molar-refractivity contribution is 0.628. The van der Waals surface area contributed by atoms with Crippen molar-refractivity contribution in [1.82, 2.24) is 0 Å². The Bertz CT molecular complexity index is 541. The van der Waals surface area contributed by atoms with Gasteiger partial charge in [-0.25, -0.2) is 4.39 Å². The van der Waals surface area contributed by atoms with Gasteiger partial charge in [0.1, 0.15) is 5.82 Å². The minimum absolute atomic E-state index is 0.204. The Hall–Kier alpha value is -1.25. The molecule has 0 unspecified atom stereocenters. The standard InChI is InChI=1S/C12H8Cl2FN/c13-8-3-1-2-7(4-8)10-5-9(15)6-11(14)12(10)16/h1-6H,16H2. The largest absolute Gasteiger partial charge is 0.397 e. The summed E-state index contributed by atoms with van der Waals surface area (Å²) in [6.45, 7) is 0. The molecular formula is C12H8Cl2FN. The molecule has 0 spiro atoms. The second-order valence-electron chi connectivity index (χ2n) is 3.36. The Morgan fingerprint density at radius 1 is 1.06 bits per heavy atom. The smallest absolute Gasteiger partial charge is 0.125 e. The zero-order valence-corrected chi connectivity index (χ0v) is 9.69. The molecule has 0 saturated carbocycles. The quantitative estimate of drug-likeness (QED) is 0.752. The van der Waals surface area contributed by atoms with Crippen LogP contribution in [0.1, 0.15) is 0 Å². The molecule has 0 atom stereocenters. The molecule has 2 aromatic carbocycles. The second-order valence-corrected chi connectivity index (χ2v) is 4.20. The van der Waals surface area contributed by atoms with Gasteiger partial charge in [0.05, 0.1) is 10.7 Å². The lowest BCUT2D eigenvalue weighted by Crippen LogP contribution is -1.93. The average Bonchev–Trinajstić information content (AvgIpc) is 2.23. The molecule has 82 valence electrons. The summed E-state index contributed by atoms with van der Waals surface area (Å²) in [5, 5.41) is 0.771. The molecule has 0 bridgehead atoms. The Morgan fingerprint density at radius 2 is 1.81 bits per heavy atom. The van der Waals surface area contributed by atoms with Crippen molar-refractivity contribution < 1.29 is 4.39 Å². The average molecular weight is 256 g/mol. The molecule has 0 heterocycles. The first-order valence-corrected chi connectivity index (χ1v) is 5.34. The Morgan fingerprint density at radius 3 is 2.50 bits per heavy atom. The fourth-order valence-electron chi connectivity index (χ4n) is 1.48. The molecule has 0 fully saturated rings. The molecule has 0 aromatic heterocycles. The summed E-state index contributed by atoms with van der Waals surface area (Å²) >= 11 is 11.7. The fraction of sp³-hybridized carbons (Fsp3) is 0. The minimum Gasteiger partial charge on any atom is -0.397 e. The van der Waals surface area contributed by atoms with Crippen LogP contribution < -0.4 is 5.73 Å². The third-order valence-corrected chi connectivity index (χ3v) is 2.78. The maximum Gasteiger partial charge on any atom is 0.125 e. The van der Waals surface area contributed by atoms with E-state index in [2.05, 4.69) is 0 Å². The number of benzene rings is 2. The Labute approximate surface area is 103 Å². The minimum atomic E-state index is -0.422. The van der Waals surface area contributed by atoms with Crippen LogP contribution in [0.3, 0.4) is 0 Å². The zero-order chi connectivity index (χ0) is 11.7. The van der Waals surface area contributed by atoms with Gasteiger partial charge in [-0.1, -0.05) is 35.3 Å². The van der Waals surface area contributed by atoms with Gasteiger partial charge in [0, 0.05) is 10.6 Å². The number of hydrogen-bond donors (Lipinski definition) is 1. The van der Waals surface area contributed by atoms with Gasteiger partial charge < -0.3 is 5.73 Å². The molecule has 2 N–H and O–H groups in total. The molecular weight excluding hydrogens is 248 g/mol. The number of anilines is 1. The first-order chi connectivity index (χ1) is 7.58. The van der Waals surface area contributed by atoms with Gasteiger partial charge in [-0.3, -0.25) is 0 Å². The summed E-state index contributed by atoms with van der Waals surface area (Å²) in [4.78, 5) is 0. The summed E-state index contributed by atoms with van der Waals surface area (Å²) in [5.74, 6) is -0.422. The highest BCUT2D eigenvalue weighted by Gasteiger charge is 2.09. The van der Waals surface area contributed by atoms with Crippen LogP contribution in [0, 0.1) is 5.82 Å². The van der Waals surface area contributed by atoms with Gasteiger partial charge in [0.2, 0.25) is 0 Å². The van der Waals surface area contributed by atoms with E-state index in [0.29, 0.717) is 16.3 Å². The van der Waals surface area contributed by atoms with E-state index in [1.165, 1.54) is 12.1 Å². The van der Waals surface area contributed by atoms with Gasteiger partial charge >= 0.3 is 0 Å². The number of nitrogens with two attached hydrogens (primary N) is 1. The Balaban J connectivity index is 2.64. The summed E-state index contributed by atoms with van der Waals surface area (Å²) < 4.78 is 13.2. The van der Waals surface area contributed by atoms with Crippen molar-refractivity contribution in [2.75, 3.05) is 5.73 Å². The summed E-state index contributed by atoms with van der Waals surface area (Å²) in [6.07, 6.45) is 0. The van der Waals surface area contributed by atoms with Gasteiger partial charge in [0.15, 0.2) is 0 Å². The van der Waals surface area contributed by atoms with Crippen LogP contribution in [0.5, 0.6) is 0 Å². The third-order valence-electron chi connectivity index (χ3n) is 2.23. The molecule has 2 aromatic rings. The van der Waals surface area contributed by atoms with Gasteiger partial charge in [-0.15, -0.1) is 0 Å². The molecule has 16 heavy (non-hydrogen) atoms. The molecule has 1 nitrogen and oxygen atoms in total. The van der Waals surface area contributed by atoms with Crippen molar-refractivity contribution in [2.45, 2.75) is 0 Å². The number of hydrogen-bond acceptors (Lipinski definition) is 1. The SMILES string of the molecule is Nc1c(Cl)cc(F)cc1-c1cccc(Cl)c1. The van der Waals surface area contributed by atoms with Crippen LogP contribution in [0.4, 0.5) is 10.1 Å². The predicted molar refractivity (Wildman–Crippen MR) is 66.3 cm³/mol. The highest BCUT2D eigenvalue weighted by atomic mass is 35.5. The van der Waals surface area contributed by atoms with Crippen LogP contribution >= 0.6 is 23.2 Å². The highest BCUT2D eigenvalue weighted by Crippen LogP contribution is 2.33. The zero-order valence-electron chi connectivity index (χ0n) is 8.18. The number of halogens is 3. The van der Waals surface area contributed by atoms with Crippen LogP contribution in [-0.2, 0) is 0 Å². The summed E-state index contributed by atoms with van der Waals surface area (Å²) in [5.41, 5.74) is 7.43. The van der Waals surface area contributed by atoms with Crippen LogP contribution in [0.2, 0.25) is 10.0 Å². The molecule has 2 rings (SSSR count). The van der Waals surface area contributed by atoms with Crippen molar-refractivity contribution in [1.29, 1.82) is 0 Å². The van der Waals surface area contributed by atoms with E-state index in [4.69, 9.17) is 28.9 Å². The number of rotatable bonds is 1. The molecule has 0 aliphatic rings. The summed E-state index contributed by atoms with van der Waals surface area (Å²) in [7, 11) is 0. The topological polar surface area (TPSA) is 26.0 Å². The van der Waals surface area contributed by atoms with Crippen LogP contribution in [-0.4, -0.2) is 0 Å². The predicted octanol–water partition coefficient (Wildman–Crippen LogP) is 4.38. The maximum absolute atomic E-state index is 13.2. The van der Waals surface area contributed by atoms with Gasteiger partial charge in [0.25, 0.3) is 0 Å². The van der Waals surface area contributed by atoms with Crippen molar-refractivity contribution in [3.8, 4) is 11.1 Å². The first-order valence-electron chi connectivity index (χ1n) is 4.58. The lowest BCUT2D eigenvalue weighted by atomic mass is 10.0. The third kappa shape index (κ3) is 2.13. The molecule has 0 aliphatic carbocycles. The van der Waals surface area contributed by atoms with E-state index in [9.17, 15) is 4.39 Å². The lowest BCUT2D eigenvalue weighted by Gasteiger charge is -2.08. The first kappa shape index (κ1) is 11.2. The van der Waals surface area contributed by atoms with Crippen molar-refractivity contribution in [3.63, 3.8) is 0 Å². The maximum atomic E-state index is 13.2. The van der Waals surface area contributed by atoms with E-state index in [-0.39, 0.29) is 5.02 Å². The highest BCUT2D eigenvalue weighted by molar-refractivity contribution is 6.34. The molecule has 0 amide bonds. The molecule has 0 aliphatic heterocycles.